The Morgan fingerprint density at radius 3 is 2.38 bits per heavy atom. The third-order valence-corrected chi connectivity index (χ3v) is 7.91. The molecule has 6 nitrogen and oxygen atoms in total. The molecule has 0 radical (unpaired) electrons. The van der Waals surface area contributed by atoms with E-state index in [4.69, 9.17) is 0 Å². The molecule has 0 saturated carbocycles. The van der Waals surface area contributed by atoms with Crippen molar-refractivity contribution in [2.24, 2.45) is 0 Å². The number of fused-ring (bicyclic) bond motifs is 2. The lowest BCUT2D eigenvalue weighted by molar-refractivity contribution is 0.313. The Morgan fingerprint density at radius 2 is 1.62 bits per heavy atom. The van der Waals surface area contributed by atoms with E-state index in [-0.39, 0.29) is 17.4 Å². The molecule has 4 aromatic rings. The summed E-state index contributed by atoms with van der Waals surface area (Å²) in [5.74, 6) is 0. The maximum atomic E-state index is 13.8. The molecular weight excluding hydrogens is 444 g/mol. The van der Waals surface area contributed by atoms with E-state index >= 15 is 0 Å². The van der Waals surface area contributed by atoms with Gasteiger partial charge in [0.25, 0.3) is 0 Å². The fourth-order valence-corrected chi connectivity index (χ4v) is 5.97. The number of rotatable bonds is 4. The molecule has 0 spiro atoms. The summed E-state index contributed by atoms with van der Waals surface area (Å²) in [5, 5.41) is 7.01. The lowest BCUT2D eigenvalue weighted by Gasteiger charge is -2.34. The van der Waals surface area contributed by atoms with E-state index in [1.807, 2.05) is 49.4 Å². The monoisotopic (exact) mass is 470 g/mol. The van der Waals surface area contributed by atoms with Gasteiger partial charge in [-0.1, -0.05) is 36.4 Å². The van der Waals surface area contributed by atoms with Crippen molar-refractivity contribution in [2.75, 3.05) is 38.1 Å². The highest BCUT2D eigenvalue weighted by Crippen LogP contribution is 2.34. The number of halogens is 1. The Bertz CT molecular complexity index is 1370. The first-order chi connectivity index (χ1) is 15.0. The summed E-state index contributed by atoms with van der Waals surface area (Å²) >= 11 is 0. The molecule has 0 N–H and O–H groups in total. The number of nitrogens with zero attached hydrogens (tertiary/aromatic N) is 4. The zero-order chi connectivity index (χ0) is 21.6. The zero-order valence-electron chi connectivity index (χ0n) is 18.2. The summed E-state index contributed by atoms with van der Waals surface area (Å²) in [6.45, 7) is 6.43. The molecule has 1 aliphatic heterocycles. The highest BCUT2D eigenvalue weighted by molar-refractivity contribution is 7.91. The largest absolute Gasteiger partial charge is 0.369 e. The van der Waals surface area contributed by atoms with Gasteiger partial charge in [0.15, 0.2) is 5.03 Å². The zero-order valence-corrected chi connectivity index (χ0v) is 19.9. The highest BCUT2D eigenvalue weighted by atomic mass is 35.5. The van der Waals surface area contributed by atoms with Crippen LogP contribution in [-0.4, -0.2) is 56.3 Å². The predicted octanol–water partition coefficient (Wildman–Crippen LogP) is 4.22. The van der Waals surface area contributed by atoms with Crippen molar-refractivity contribution in [1.29, 1.82) is 0 Å². The van der Waals surface area contributed by atoms with E-state index in [2.05, 4.69) is 28.0 Å². The van der Waals surface area contributed by atoms with E-state index < -0.39 is 9.84 Å². The van der Waals surface area contributed by atoms with Gasteiger partial charge in [0, 0.05) is 49.2 Å². The third kappa shape index (κ3) is 3.74. The summed E-state index contributed by atoms with van der Waals surface area (Å²) in [5.41, 5.74) is 1.89. The number of piperazine rings is 1. The molecule has 168 valence electrons. The Morgan fingerprint density at radius 1 is 0.906 bits per heavy atom. The van der Waals surface area contributed by atoms with Crippen molar-refractivity contribution in [2.45, 2.75) is 23.4 Å². The number of hydrogen-bond donors (Lipinski definition) is 0. The van der Waals surface area contributed by atoms with Crippen LogP contribution in [0.3, 0.4) is 0 Å². The van der Waals surface area contributed by atoms with Crippen LogP contribution < -0.4 is 4.90 Å². The van der Waals surface area contributed by atoms with Gasteiger partial charge in [-0.2, -0.15) is 5.10 Å². The molecule has 32 heavy (non-hydrogen) atoms. The van der Waals surface area contributed by atoms with Gasteiger partial charge in [-0.3, -0.25) is 4.68 Å². The Kier molecular flexibility index (Phi) is 6.16. The Balaban J connectivity index is 0.00000245. The molecule has 1 saturated heterocycles. The number of anilines is 1. The van der Waals surface area contributed by atoms with Gasteiger partial charge in [0.2, 0.25) is 9.84 Å². The molecule has 1 aromatic heterocycles. The summed E-state index contributed by atoms with van der Waals surface area (Å²) in [7, 11) is -1.67. The number of sulfone groups is 1. The Labute approximate surface area is 194 Å². The van der Waals surface area contributed by atoms with Crippen molar-refractivity contribution >= 4 is 49.6 Å². The molecule has 0 atom stereocenters. The van der Waals surface area contributed by atoms with Gasteiger partial charge >= 0.3 is 0 Å². The predicted molar refractivity (Wildman–Crippen MR) is 132 cm³/mol. The lowest BCUT2D eigenvalue weighted by atomic mass is 10.1. The van der Waals surface area contributed by atoms with Crippen molar-refractivity contribution < 1.29 is 8.42 Å². The van der Waals surface area contributed by atoms with Crippen LogP contribution >= 0.6 is 12.4 Å². The number of hydrogen-bond acceptors (Lipinski definition) is 5. The molecule has 5 rings (SSSR count). The minimum Gasteiger partial charge on any atom is -0.369 e. The first-order valence-corrected chi connectivity index (χ1v) is 12.1. The van der Waals surface area contributed by atoms with Crippen LogP contribution in [0.5, 0.6) is 0 Å². The maximum Gasteiger partial charge on any atom is 0.226 e. The van der Waals surface area contributed by atoms with Gasteiger partial charge in [0.1, 0.15) is 0 Å². The van der Waals surface area contributed by atoms with Gasteiger partial charge in [-0.15, -0.1) is 12.4 Å². The number of aryl methyl sites for hydroxylation is 1. The van der Waals surface area contributed by atoms with Crippen LogP contribution in [0.15, 0.2) is 70.6 Å². The van der Waals surface area contributed by atoms with Crippen molar-refractivity contribution in [3.8, 4) is 0 Å². The summed E-state index contributed by atoms with van der Waals surface area (Å²) < 4.78 is 29.4. The topological polar surface area (TPSA) is 58.4 Å². The SMILES string of the molecule is CCn1nc(S(=O)(=O)c2cccc3ccccc23)c2cc(N3CCN(C)CC3)ccc21.Cl. The molecule has 0 bridgehead atoms. The molecule has 8 heteroatoms. The average Bonchev–Trinajstić information content (AvgIpc) is 3.18. The lowest BCUT2D eigenvalue weighted by Crippen LogP contribution is -2.44. The minimum atomic E-state index is -3.80. The van der Waals surface area contributed by atoms with E-state index in [0.29, 0.717) is 16.8 Å². The van der Waals surface area contributed by atoms with Crippen LogP contribution in [0.1, 0.15) is 6.92 Å². The molecule has 0 unspecified atom stereocenters. The van der Waals surface area contributed by atoms with Gasteiger partial charge < -0.3 is 9.80 Å². The second-order valence-electron chi connectivity index (χ2n) is 8.09. The summed E-state index contributed by atoms with van der Waals surface area (Å²) in [6.07, 6.45) is 0. The van der Waals surface area contributed by atoms with E-state index in [1.54, 1.807) is 16.8 Å². The fourth-order valence-electron chi connectivity index (χ4n) is 4.37. The summed E-state index contributed by atoms with van der Waals surface area (Å²) in [4.78, 5) is 4.93. The van der Waals surface area contributed by atoms with Crippen molar-refractivity contribution in [3.05, 3.63) is 60.7 Å². The van der Waals surface area contributed by atoms with Gasteiger partial charge in [-0.05, 0) is 43.6 Å². The standard InChI is InChI=1S/C24H26N4O2S.ClH/c1-3-28-22-12-11-19(27-15-13-26(2)14-16-27)17-21(22)24(25-28)31(29,30)23-10-6-8-18-7-4-5-9-20(18)23;/h4-12,17H,3,13-16H2,1-2H3;1H. The van der Waals surface area contributed by atoms with E-state index in [9.17, 15) is 8.42 Å². The fraction of sp³-hybridized carbons (Fsp3) is 0.292. The van der Waals surface area contributed by atoms with Crippen LogP contribution in [0.2, 0.25) is 0 Å². The quantitative estimate of drug-likeness (QED) is 0.447. The van der Waals surface area contributed by atoms with Crippen LogP contribution in [0.4, 0.5) is 5.69 Å². The number of likely N-dealkylation sites (N-methyl/N-ethyl adjacent to an activating group) is 1. The first-order valence-electron chi connectivity index (χ1n) is 10.7. The van der Waals surface area contributed by atoms with Crippen molar-refractivity contribution in [1.82, 2.24) is 14.7 Å². The molecule has 1 fully saturated rings. The molecular formula is C24H27ClN4O2S. The second-order valence-corrected chi connectivity index (χ2v) is 9.93. The first kappa shape index (κ1) is 22.6. The smallest absolute Gasteiger partial charge is 0.226 e. The Hall–Kier alpha value is -2.61. The molecule has 3 aromatic carbocycles. The molecule has 1 aliphatic rings. The highest BCUT2D eigenvalue weighted by Gasteiger charge is 2.27. The van der Waals surface area contributed by atoms with Crippen LogP contribution in [-0.2, 0) is 16.4 Å². The van der Waals surface area contributed by atoms with Crippen LogP contribution in [0.25, 0.3) is 21.7 Å². The van der Waals surface area contributed by atoms with Gasteiger partial charge in [-0.25, -0.2) is 8.42 Å². The minimum absolute atomic E-state index is 0. The number of benzene rings is 3. The number of aromatic nitrogens is 2. The average molecular weight is 471 g/mol. The van der Waals surface area contributed by atoms with Gasteiger partial charge in [0.05, 0.1) is 10.4 Å². The van der Waals surface area contributed by atoms with Crippen LogP contribution in [0, 0.1) is 0 Å². The molecule has 0 amide bonds. The second kappa shape index (κ2) is 8.73. The summed E-state index contributed by atoms with van der Waals surface area (Å²) in [6, 6.07) is 19.1. The molecule has 2 heterocycles. The van der Waals surface area contributed by atoms with E-state index in [1.165, 1.54) is 0 Å². The molecule has 0 aliphatic carbocycles. The van der Waals surface area contributed by atoms with E-state index in [0.717, 1.165) is 48.2 Å². The maximum absolute atomic E-state index is 13.8. The normalized spacial score (nSPS) is 15.2. The third-order valence-electron chi connectivity index (χ3n) is 6.16. The van der Waals surface area contributed by atoms with Crippen molar-refractivity contribution in [3.63, 3.8) is 0 Å².